The van der Waals surface area contributed by atoms with Crippen molar-refractivity contribution in [3.05, 3.63) is 101 Å². The highest BCUT2D eigenvalue weighted by Crippen LogP contribution is 2.23. The lowest BCUT2D eigenvalue weighted by Crippen LogP contribution is -2.50. The summed E-state index contributed by atoms with van der Waals surface area (Å²) in [6.45, 7) is 4.68. The van der Waals surface area contributed by atoms with Crippen molar-refractivity contribution >= 4 is 27.5 Å². The van der Waals surface area contributed by atoms with Crippen molar-refractivity contribution in [2.24, 2.45) is 0 Å². The Morgan fingerprint density at radius 2 is 1.61 bits per heavy atom. The third kappa shape index (κ3) is 9.70. The molecule has 7 nitrogen and oxygen atoms in total. The second kappa shape index (κ2) is 15.3. The summed E-state index contributed by atoms with van der Waals surface area (Å²) in [5, 5.41) is 3.00. The van der Waals surface area contributed by atoms with Gasteiger partial charge >= 0.3 is 0 Å². The van der Waals surface area contributed by atoms with Gasteiger partial charge in [-0.2, -0.15) is 0 Å². The molecule has 0 saturated carbocycles. The molecule has 1 atom stereocenters. The van der Waals surface area contributed by atoms with Crippen LogP contribution < -0.4 is 9.62 Å². The first-order chi connectivity index (χ1) is 19.6. The lowest BCUT2D eigenvalue weighted by molar-refractivity contribution is -0.141. The maximum atomic E-state index is 14.5. The molecule has 2 amide bonds. The molecule has 3 aromatic rings. The number of carbonyl (C=O) groups excluding carboxylic acids is 2. The molecule has 0 bridgehead atoms. The van der Waals surface area contributed by atoms with E-state index < -0.39 is 21.9 Å². The van der Waals surface area contributed by atoms with Crippen LogP contribution in [0, 0.1) is 12.7 Å². The number of amides is 2. The van der Waals surface area contributed by atoms with Crippen LogP contribution in [0.3, 0.4) is 0 Å². The molecule has 3 aromatic carbocycles. The van der Waals surface area contributed by atoms with Crippen molar-refractivity contribution in [3.8, 4) is 0 Å². The van der Waals surface area contributed by atoms with Gasteiger partial charge in [0.2, 0.25) is 21.8 Å². The van der Waals surface area contributed by atoms with Gasteiger partial charge in [-0.15, -0.1) is 0 Å². The number of nitrogens with one attached hydrogen (secondary N) is 1. The van der Waals surface area contributed by atoms with E-state index in [-0.39, 0.29) is 43.4 Å². The van der Waals surface area contributed by atoms with Gasteiger partial charge in [-0.3, -0.25) is 13.9 Å². The Hall–Kier alpha value is -3.72. The van der Waals surface area contributed by atoms with E-state index in [1.54, 1.807) is 11.0 Å². The second-order valence-corrected chi connectivity index (χ2v) is 12.2. The molecule has 0 aliphatic heterocycles. The van der Waals surface area contributed by atoms with Gasteiger partial charge in [0.1, 0.15) is 11.9 Å². The van der Waals surface area contributed by atoms with Crippen LogP contribution in [0.25, 0.3) is 0 Å². The van der Waals surface area contributed by atoms with Crippen molar-refractivity contribution < 1.29 is 22.4 Å². The Bertz CT molecular complexity index is 1400. The molecule has 220 valence electrons. The molecule has 9 heteroatoms. The molecule has 0 saturated heterocycles. The summed E-state index contributed by atoms with van der Waals surface area (Å²) in [7, 11) is -3.79. The number of rotatable bonds is 15. The van der Waals surface area contributed by atoms with Crippen molar-refractivity contribution in [3.63, 3.8) is 0 Å². The van der Waals surface area contributed by atoms with Gasteiger partial charge in [0.05, 0.1) is 11.9 Å². The number of halogens is 1. The van der Waals surface area contributed by atoms with E-state index in [2.05, 4.69) is 5.32 Å². The number of hydrogen-bond acceptors (Lipinski definition) is 4. The average Bonchev–Trinajstić information content (AvgIpc) is 2.93. The van der Waals surface area contributed by atoms with Crippen LogP contribution in [0.15, 0.2) is 78.9 Å². The SMILES string of the molecule is CCCCNC(=O)[C@@H](Cc1ccccc1)N(Cc1cccc(C)c1)C(=O)CCCN(c1ccccc1F)S(C)(=O)=O. The van der Waals surface area contributed by atoms with Crippen molar-refractivity contribution in [1.29, 1.82) is 0 Å². The first-order valence-electron chi connectivity index (χ1n) is 14.0. The standard InChI is InChI=1S/C32H40FN3O4S/c1-4-5-20-34-32(38)30(23-26-14-7-6-8-15-26)35(24-27-16-11-13-25(2)22-27)31(37)19-12-21-36(41(3,39)40)29-18-10-9-17-28(29)33/h6-11,13-18,22,30H,4-5,12,19-21,23-24H2,1-3H3,(H,34,38)/t30-/m1/s1. The van der Waals surface area contributed by atoms with E-state index in [4.69, 9.17) is 0 Å². The maximum absolute atomic E-state index is 14.5. The van der Waals surface area contributed by atoms with Gasteiger partial charge in [0, 0.05) is 32.5 Å². The van der Waals surface area contributed by atoms with Crippen molar-refractivity contribution in [1.82, 2.24) is 10.2 Å². The van der Waals surface area contributed by atoms with E-state index in [1.165, 1.54) is 18.2 Å². The van der Waals surface area contributed by atoms with Crippen LogP contribution in [-0.2, 0) is 32.6 Å². The summed E-state index contributed by atoms with van der Waals surface area (Å²) in [5.41, 5.74) is 2.79. The maximum Gasteiger partial charge on any atom is 0.243 e. The Morgan fingerprint density at radius 1 is 0.927 bits per heavy atom. The Kier molecular flexibility index (Phi) is 11.9. The van der Waals surface area contributed by atoms with Crippen LogP contribution in [-0.4, -0.2) is 50.5 Å². The molecule has 41 heavy (non-hydrogen) atoms. The van der Waals surface area contributed by atoms with Crippen molar-refractivity contribution in [2.75, 3.05) is 23.7 Å². The van der Waals surface area contributed by atoms with Crippen LogP contribution in [0.2, 0.25) is 0 Å². The zero-order valence-electron chi connectivity index (χ0n) is 24.1. The summed E-state index contributed by atoms with van der Waals surface area (Å²) in [4.78, 5) is 29.0. The normalized spacial score (nSPS) is 12.0. The summed E-state index contributed by atoms with van der Waals surface area (Å²) >= 11 is 0. The molecule has 0 unspecified atom stereocenters. The first kappa shape index (κ1) is 31.8. The summed E-state index contributed by atoms with van der Waals surface area (Å²) in [6.07, 6.45) is 3.24. The predicted octanol–water partition coefficient (Wildman–Crippen LogP) is 5.24. The van der Waals surface area contributed by atoms with Crippen LogP contribution >= 0.6 is 0 Å². The highest BCUT2D eigenvalue weighted by molar-refractivity contribution is 7.92. The molecule has 0 heterocycles. The number of aryl methyl sites for hydroxylation is 1. The fourth-order valence-corrected chi connectivity index (χ4v) is 5.67. The number of sulfonamides is 1. The third-order valence-electron chi connectivity index (χ3n) is 6.81. The minimum Gasteiger partial charge on any atom is -0.354 e. The van der Waals surface area contributed by atoms with E-state index in [0.29, 0.717) is 13.0 Å². The summed E-state index contributed by atoms with van der Waals surface area (Å²) in [6, 6.07) is 22.2. The monoisotopic (exact) mass is 581 g/mol. The molecular weight excluding hydrogens is 541 g/mol. The van der Waals surface area contributed by atoms with Gasteiger partial charge in [0.15, 0.2) is 0 Å². The molecule has 0 spiro atoms. The minimum absolute atomic E-state index is 0.0141. The summed E-state index contributed by atoms with van der Waals surface area (Å²) in [5.74, 6) is -1.16. The molecular formula is C32H40FN3O4S. The summed E-state index contributed by atoms with van der Waals surface area (Å²) < 4.78 is 40.5. The zero-order chi connectivity index (χ0) is 29.8. The number of para-hydroxylation sites is 1. The number of anilines is 1. The number of carbonyl (C=O) groups is 2. The van der Waals surface area contributed by atoms with Gasteiger partial charge in [-0.05, 0) is 43.0 Å². The Labute approximate surface area is 243 Å². The van der Waals surface area contributed by atoms with Crippen LogP contribution in [0.1, 0.15) is 49.3 Å². The van der Waals surface area contributed by atoms with Crippen LogP contribution in [0.5, 0.6) is 0 Å². The fraction of sp³-hybridized carbons (Fsp3) is 0.375. The first-order valence-corrected chi connectivity index (χ1v) is 15.8. The van der Waals surface area contributed by atoms with E-state index in [1.807, 2.05) is 68.4 Å². The van der Waals surface area contributed by atoms with Crippen molar-refractivity contribution in [2.45, 2.75) is 58.5 Å². The minimum atomic E-state index is -3.79. The van der Waals surface area contributed by atoms with Crippen LogP contribution in [0.4, 0.5) is 10.1 Å². The number of benzene rings is 3. The highest BCUT2D eigenvalue weighted by atomic mass is 32.2. The van der Waals surface area contributed by atoms with E-state index in [0.717, 1.165) is 40.1 Å². The smallest absolute Gasteiger partial charge is 0.243 e. The Balaban J connectivity index is 1.88. The molecule has 3 rings (SSSR count). The highest BCUT2D eigenvalue weighted by Gasteiger charge is 2.30. The average molecular weight is 582 g/mol. The van der Waals surface area contributed by atoms with E-state index >= 15 is 0 Å². The van der Waals surface area contributed by atoms with Gasteiger partial charge in [-0.1, -0.05) is 85.6 Å². The molecule has 0 radical (unpaired) electrons. The molecule has 1 N–H and O–H groups in total. The number of nitrogens with zero attached hydrogens (tertiary/aromatic N) is 2. The Morgan fingerprint density at radius 3 is 2.27 bits per heavy atom. The number of unbranched alkanes of at least 4 members (excludes halogenated alkanes) is 1. The third-order valence-corrected chi connectivity index (χ3v) is 7.99. The largest absolute Gasteiger partial charge is 0.354 e. The zero-order valence-corrected chi connectivity index (χ0v) is 24.9. The number of hydrogen-bond donors (Lipinski definition) is 1. The lowest BCUT2D eigenvalue weighted by atomic mass is 10.0. The predicted molar refractivity (Wildman–Crippen MR) is 161 cm³/mol. The topological polar surface area (TPSA) is 86.8 Å². The molecule has 0 aromatic heterocycles. The van der Waals surface area contributed by atoms with E-state index in [9.17, 15) is 22.4 Å². The molecule has 0 aliphatic carbocycles. The second-order valence-electron chi connectivity index (χ2n) is 10.3. The van der Waals surface area contributed by atoms with Gasteiger partial charge < -0.3 is 10.2 Å². The quantitative estimate of drug-likeness (QED) is 0.249. The van der Waals surface area contributed by atoms with Gasteiger partial charge in [0.25, 0.3) is 0 Å². The molecule has 0 aliphatic rings. The van der Waals surface area contributed by atoms with Gasteiger partial charge in [-0.25, -0.2) is 12.8 Å². The lowest BCUT2D eigenvalue weighted by Gasteiger charge is -2.32. The molecule has 0 fully saturated rings. The fourth-order valence-electron chi connectivity index (χ4n) is 4.70.